The molecule has 1 fully saturated rings. The average Bonchev–Trinajstić information content (AvgIpc) is 3.22. The third kappa shape index (κ3) is 2.48. The van der Waals surface area contributed by atoms with Gasteiger partial charge < -0.3 is 10.6 Å². The topological polar surface area (TPSA) is 127 Å². The van der Waals surface area contributed by atoms with Crippen molar-refractivity contribution in [1.82, 2.24) is 30.0 Å². The summed E-state index contributed by atoms with van der Waals surface area (Å²) in [5.74, 6) is 1.49. The van der Waals surface area contributed by atoms with Gasteiger partial charge in [-0.05, 0) is 25.0 Å². The van der Waals surface area contributed by atoms with Crippen molar-refractivity contribution < 1.29 is 4.79 Å². The van der Waals surface area contributed by atoms with E-state index in [0.29, 0.717) is 31.8 Å². The van der Waals surface area contributed by atoms with Gasteiger partial charge in [0.05, 0.1) is 11.6 Å². The van der Waals surface area contributed by atoms with E-state index in [-0.39, 0.29) is 11.9 Å². The number of rotatable bonds is 2. The SMILES string of the molecule is Cn1ncc2c(N3CCC4(CC3)N=C(N)NC4=O)nc(-c3cccnc3)nc21. The number of carbonyl (C=O) groups is 1. The number of piperidine rings is 1. The first-order valence-electron chi connectivity index (χ1n) is 9.08. The van der Waals surface area contributed by atoms with E-state index in [1.165, 1.54) is 0 Å². The number of pyridine rings is 1. The van der Waals surface area contributed by atoms with Crippen LogP contribution < -0.4 is 16.0 Å². The Balaban J connectivity index is 1.53. The summed E-state index contributed by atoms with van der Waals surface area (Å²) in [5, 5.41) is 7.85. The molecule has 1 spiro atoms. The van der Waals surface area contributed by atoms with Crippen molar-refractivity contribution in [3.05, 3.63) is 30.7 Å². The van der Waals surface area contributed by atoms with Crippen LogP contribution >= 0.6 is 0 Å². The molecule has 3 aromatic heterocycles. The number of amides is 1. The number of nitrogens with zero attached hydrogens (tertiary/aromatic N) is 7. The van der Waals surface area contributed by atoms with Crippen LogP contribution in [-0.4, -0.2) is 55.2 Å². The minimum absolute atomic E-state index is 0.116. The standard InChI is InChI=1S/C18H19N9O/c1-26-14-12(10-21-26)15(23-13(22-14)11-3-2-6-20-9-11)27-7-4-18(5-8-27)16(28)24-17(19)25-18/h2-3,6,9-10H,4-5,7-8H2,1H3,(H3,19,24,25,28). The molecule has 0 aliphatic carbocycles. The number of nitrogens with two attached hydrogens (primary N) is 1. The van der Waals surface area contributed by atoms with E-state index in [1.54, 1.807) is 23.3 Å². The molecule has 28 heavy (non-hydrogen) atoms. The van der Waals surface area contributed by atoms with Gasteiger partial charge in [-0.2, -0.15) is 5.10 Å². The largest absolute Gasteiger partial charge is 0.370 e. The molecular formula is C18H19N9O. The maximum Gasteiger partial charge on any atom is 0.254 e. The number of aromatic nitrogens is 5. The molecule has 2 aliphatic rings. The number of aryl methyl sites for hydroxylation is 1. The Morgan fingerprint density at radius 2 is 2.04 bits per heavy atom. The molecule has 3 aromatic rings. The van der Waals surface area contributed by atoms with Crippen molar-refractivity contribution in [2.45, 2.75) is 18.4 Å². The maximum atomic E-state index is 12.3. The number of anilines is 1. The number of carbonyl (C=O) groups excluding carboxylic acids is 1. The molecule has 1 amide bonds. The molecule has 0 saturated carbocycles. The number of aliphatic imine (C=N–C) groups is 1. The fourth-order valence-electron chi connectivity index (χ4n) is 3.84. The molecule has 5 heterocycles. The van der Waals surface area contributed by atoms with Gasteiger partial charge in [0.25, 0.3) is 5.91 Å². The summed E-state index contributed by atoms with van der Waals surface area (Å²) in [6, 6.07) is 3.79. The lowest BCUT2D eigenvalue weighted by Gasteiger charge is -2.36. The first-order valence-corrected chi connectivity index (χ1v) is 9.08. The smallest absolute Gasteiger partial charge is 0.254 e. The van der Waals surface area contributed by atoms with Crippen molar-refractivity contribution in [1.29, 1.82) is 0 Å². The van der Waals surface area contributed by atoms with Gasteiger partial charge in [-0.3, -0.25) is 19.8 Å². The highest BCUT2D eigenvalue weighted by Gasteiger charge is 2.45. The lowest BCUT2D eigenvalue weighted by molar-refractivity contribution is -0.124. The van der Waals surface area contributed by atoms with Gasteiger partial charge in [-0.15, -0.1) is 0 Å². The quantitative estimate of drug-likeness (QED) is 0.653. The molecule has 0 radical (unpaired) electrons. The van der Waals surface area contributed by atoms with Crippen LogP contribution in [0.4, 0.5) is 5.82 Å². The Hall–Kier alpha value is -3.56. The van der Waals surface area contributed by atoms with Crippen LogP contribution in [0, 0.1) is 0 Å². The molecule has 142 valence electrons. The first-order chi connectivity index (χ1) is 13.6. The molecular weight excluding hydrogens is 358 g/mol. The third-order valence-electron chi connectivity index (χ3n) is 5.38. The van der Waals surface area contributed by atoms with Crippen molar-refractivity contribution >= 4 is 28.7 Å². The average molecular weight is 377 g/mol. The Kier molecular flexibility index (Phi) is 3.54. The second kappa shape index (κ2) is 5.98. The Bertz CT molecular complexity index is 1100. The van der Waals surface area contributed by atoms with E-state index in [0.717, 1.165) is 22.4 Å². The zero-order chi connectivity index (χ0) is 19.3. The molecule has 0 atom stereocenters. The highest BCUT2D eigenvalue weighted by Crippen LogP contribution is 2.34. The highest BCUT2D eigenvalue weighted by atomic mass is 16.2. The van der Waals surface area contributed by atoms with Gasteiger partial charge in [0.1, 0.15) is 11.4 Å². The van der Waals surface area contributed by atoms with E-state index in [1.807, 2.05) is 19.2 Å². The van der Waals surface area contributed by atoms with Gasteiger partial charge >= 0.3 is 0 Å². The summed E-state index contributed by atoms with van der Waals surface area (Å²) in [6.07, 6.45) is 6.39. The zero-order valence-electron chi connectivity index (χ0n) is 15.3. The van der Waals surface area contributed by atoms with Crippen LogP contribution in [0.1, 0.15) is 12.8 Å². The summed E-state index contributed by atoms with van der Waals surface area (Å²) in [4.78, 5) is 32.5. The van der Waals surface area contributed by atoms with Crippen molar-refractivity contribution in [3.8, 4) is 11.4 Å². The van der Waals surface area contributed by atoms with Gasteiger partial charge in [-0.1, -0.05) is 0 Å². The normalized spacial score (nSPS) is 18.5. The van der Waals surface area contributed by atoms with Crippen LogP contribution in [0.3, 0.4) is 0 Å². The number of hydrogen-bond donors (Lipinski definition) is 2. The van der Waals surface area contributed by atoms with Crippen LogP contribution in [-0.2, 0) is 11.8 Å². The molecule has 0 unspecified atom stereocenters. The van der Waals surface area contributed by atoms with Crippen LogP contribution in [0.2, 0.25) is 0 Å². The fourth-order valence-corrected chi connectivity index (χ4v) is 3.84. The van der Waals surface area contributed by atoms with Crippen molar-refractivity contribution in [2.24, 2.45) is 17.8 Å². The lowest BCUT2D eigenvalue weighted by Crippen LogP contribution is -2.49. The molecule has 1 saturated heterocycles. The molecule has 10 heteroatoms. The van der Waals surface area contributed by atoms with E-state index >= 15 is 0 Å². The predicted octanol–water partition coefficient (Wildman–Crippen LogP) is 0.209. The van der Waals surface area contributed by atoms with Crippen LogP contribution in [0.5, 0.6) is 0 Å². The van der Waals surface area contributed by atoms with Gasteiger partial charge in [0.2, 0.25) is 0 Å². The Morgan fingerprint density at radius 1 is 1.21 bits per heavy atom. The summed E-state index contributed by atoms with van der Waals surface area (Å²) < 4.78 is 1.74. The minimum atomic E-state index is -0.756. The van der Waals surface area contributed by atoms with Crippen molar-refractivity contribution in [2.75, 3.05) is 18.0 Å². The molecule has 10 nitrogen and oxygen atoms in total. The number of hydrogen-bond acceptors (Lipinski definition) is 8. The van der Waals surface area contributed by atoms with Crippen LogP contribution in [0.25, 0.3) is 22.4 Å². The van der Waals surface area contributed by atoms with E-state index in [9.17, 15) is 4.79 Å². The number of nitrogens with one attached hydrogen (secondary N) is 1. The van der Waals surface area contributed by atoms with Crippen LogP contribution in [0.15, 0.2) is 35.7 Å². The van der Waals surface area contributed by atoms with Gasteiger partial charge in [-0.25, -0.2) is 15.0 Å². The van der Waals surface area contributed by atoms with Gasteiger partial charge in [0.15, 0.2) is 17.4 Å². The Morgan fingerprint density at radius 3 is 2.71 bits per heavy atom. The molecule has 3 N–H and O–H groups in total. The lowest BCUT2D eigenvalue weighted by atomic mass is 9.88. The summed E-state index contributed by atoms with van der Waals surface area (Å²) in [5.41, 5.74) is 6.54. The highest BCUT2D eigenvalue weighted by molar-refractivity contribution is 6.07. The number of guanidine groups is 1. The predicted molar refractivity (Wildman–Crippen MR) is 103 cm³/mol. The third-order valence-corrected chi connectivity index (χ3v) is 5.38. The second-order valence-corrected chi connectivity index (χ2v) is 7.09. The fraction of sp³-hybridized carbons (Fsp3) is 0.333. The summed E-state index contributed by atoms with van der Waals surface area (Å²) in [6.45, 7) is 1.27. The molecule has 5 rings (SSSR count). The number of fused-ring (bicyclic) bond motifs is 1. The summed E-state index contributed by atoms with van der Waals surface area (Å²) in [7, 11) is 1.86. The summed E-state index contributed by atoms with van der Waals surface area (Å²) >= 11 is 0. The Labute approximate surface area is 160 Å². The second-order valence-electron chi connectivity index (χ2n) is 7.09. The molecule has 0 bridgehead atoms. The van der Waals surface area contributed by atoms with E-state index in [4.69, 9.17) is 10.7 Å². The molecule has 2 aliphatic heterocycles. The monoisotopic (exact) mass is 377 g/mol. The van der Waals surface area contributed by atoms with Gasteiger partial charge in [0, 0.05) is 38.1 Å². The first kappa shape index (κ1) is 16.6. The van der Waals surface area contributed by atoms with E-state index < -0.39 is 5.54 Å². The van der Waals surface area contributed by atoms with E-state index in [2.05, 4.69) is 30.3 Å². The molecule has 0 aromatic carbocycles. The minimum Gasteiger partial charge on any atom is -0.370 e. The zero-order valence-corrected chi connectivity index (χ0v) is 15.3. The maximum absolute atomic E-state index is 12.3. The van der Waals surface area contributed by atoms with Crippen molar-refractivity contribution in [3.63, 3.8) is 0 Å².